The largest absolute Gasteiger partial charge is 0.433 e. The molecule has 2 heterocycles. The smallest absolute Gasteiger partial charge is 0.349 e. The third kappa shape index (κ3) is 4.45. The quantitative estimate of drug-likeness (QED) is 0.687. The van der Waals surface area contributed by atoms with Crippen molar-refractivity contribution < 1.29 is 13.2 Å². The predicted octanol–water partition coefficient (Wildman–Crippen LogP) is 4.55. The van der Waals surface area contributed by atoms with Crippen LogP contribution in [0.4, 0.5) is 19.1 Å². The molecule has 3 rings (SSSR count). The molecular weight excluding hydrogens is 355 g/mol. The van der Waals surface area contributed by atoms with Gasteiger partial charge in [-0.05, 0) is 31.0 Å². The van der Waals surface area contributed by atoms with E-state index in [9.17, 15) is 13.2 Å². The number of alkyl halides is 3. The van der Waals surface area contributed by atoms with Crippen LogP contribution in [-0.4, -0.2) is 19.7 Å². The normalized spacial score (nSPS) is 11.6. The van der Waals surface area contributed by atoms with Gasteiger partial charge >= 0.3 is 6.18 Å². The van der Waals surface area contributed by atoms with Gasteiger partial charge in [0, 0.05) is 18.3 Å². The van der Waals surface area contributed by atoms with Gasteiger partial charge in [0.1, 0.15) is 0 Å². The molecule has 0 saturated carbocycles. The lowest BCUT2D eigenvalue weighted by atomic mass is 10.1. The summed E-state index contributed by atoms with van der Waals surface area (Å²) >= 11 is 0. The molecule has 8 heteroatoms. The first-order valence-corrected chi connectivity index (χ1v) is 8.71. The summed E-state index contributed by atoms with van der Waals surface area (Å²) in [5.74, 6) is -0.0664. The van der Waals surface area contributed by atoms with E-state index in [-0.39, 0.29) is 18.2 Å². The molecule has 0 fully saturated rings. The van der Waals surface area contributed by atoms with Crippen LogP contribution < -0.4 is 5.32 Å². The molecule has 0 atom stereocenters. The Bertz CT molecular complexity index is 900. The summed E-state index contributed by atoms with van der Waals surface area (Å²) in [6, 6.07) is 10.1. The van der Waals surface area contributed by atoms with Gasteiger partial charge in [-0.3, -0.25) is 4.68 Å². The minimum Gasteiger partial charge on any atom is -0.349 e. The molecular formula is C19H20F3N5. The molecule has 0 aliphatic rings. The van der Waals surface area contributed by atoms with E-state index >= 15 is 0 Å². The Morgan fingerprint density at radius 3 is 2.41 bits per heavy atom. The average Bonchev–Trinajstić information content (AvgIpc) is 3.13. The first-order chi connectivity index (χ1) is 12.9. The topological polar surface area (TPSA) is 55.6 Å². The number of nitrogens with one attached hydrogen (secondary N) is 1. The van der Waals surface area contributed by atoms with E-state index in [0.29, 0.717) is 12.1 Å². The molecule has 0 amide bonds. The zero-order valence-electron chi connectivity index (χ0n) is 15.1. The van der Waals surface area contributed by atoms with Crippen molar-refractivity contribution in [3.63, 3.8) is 0 Å². The fourth-order valence-corrected chi connectivity index (χ4v) is 2.70. The second-order valence-corrected chi connectivity index (χ2v) is 6.00. The van der Waals surface area contributed by atoms with Gasteiger partial charge in [0.2, 0.25) is 5.95 Å². The minimum absolute atomic E-state index is 0.0664. The molecule has 3 aromatic rings. The molecule has 0 radical (unpaired) electrons. The van der Waals surface area contributed by atoms with Crippen molar-refractivity contribution in [2.24, 2.45) is 0 Å². The van der Waals surface area contributed by atoms with Crippen LogP contribution in [0.2, 0.25) is 0 Å². The van der Waals surface area contributed by atoms with Crippen molar-refractivity contribution in [2.45, 2.75) is 39.5 Å². The van der Waals surface area contributed by atoms with Crippen molar-refractivity contribution in [1.29, 1.82) is 0 Å². The second-order valence-electron chi connectivity index (χ2n) is 6.00. The highest BCUT2D eigenvalue weighted by atomic mass is 19.4. The molecule has 0 aliphatic carbocycles. The Labute approximate surface area is 155 Å². The first kappa shape index (κ1) is 18.9. The number of hydrogen-bond acceptors (Lipinski definition) is 4. The van der Waals surface area contributed by atoms with Crippen molar-refractivity contribution in [1.82, 2.24) is 19.7 Å². The number of halogens is 3. The number of anilines is 1. The highest BCUT2D eigenvalue weighted by Gasteiger charge is 2.33. The van der Waals surface area contributed by atoms with Crippen LogP contribution in [0.15, 0.2) is 42.6 Å². The van der Waals surface area contributed by atoms with E-state index in [1.165, 1.54) is 0 Å². The molecule has 1 aromatic carbocycles. The van der Waals surface area contributed by atoms with Crippen molar-refractivity contribution in [3.05, 3.63) is 59.5 Å². The van der Waals surface area contributed by atoms with E-state index in [0.717, 1.165) is 23.7 Å². The molecule has 0 saturated heterocycles. The fraction of sp³-hybridized carbons (Fsp3) is 0.316. The molecule has 0 unspecified atom stereocenters. The van der Waals surface area contributed by atoms with Gasteiger partial charge in [0.05, 0.1) is 17.9 Å². The van der Waals surface area contributed by atoms with Gasteiger partial charge in [-0.2, -0.15) is 18.3 Å². The zero-order chi connectivity index (χ0) is 19.4. The molecule has 0 spiro atoms. The highest BCUT2D eigenvalue weighted by molar-refractivity contribution is 5.61. The standard InChI is InChI=1S/C19H20F3N5/c1-3-13-5-7-14(8-6-13)16-11-17(19(20,21)22)26-18(25-16)23-12-15-9-10-24-27(15)4-2/h5-11H,3-4,12H2,1-2H3,(H,23,25,26). The molecule has 0 aliphatic heterocycles. The van der Waals surface area contributed by atoms with E-state index in [2.05, 4.69) is 20.4 Å². The second kappa shape index (κ2) is 7.77. The number of benzene rings is 1. The van der Waals surface area contributed by atoms with E-state index in [4.69, 9.17) is 0 Å². The monoisotopic (exact) mass is 375 g/mol. The number of aryl methyl sites for hydroxylation is 2. The van der Waals surface area contributed by atoms with Crippen LogP contribution in [0.3, 0.4) is 0 Å². The summed E-state index contributed by atoms with van der Waals surface area (Å²) < 4.78 is 41.6. The van der Waals surface area contributed by atoms with Gasteiger partial charge < -0.3 is 5.32 Å². The van der Waals surface area contributed by atoms with Gasteiger partial charge in [-0.25, -0.2) is 9.97 Å². The Morgan fingerprint density at radius 1 is 1.04 bits per heavy atom. The van der Waals surface area contributed by atoms with Crippen LogP contribution in [0, 0.1) is 0 Å². The minimum atomic E-state index is -4.55. The van der Waals surface area contributed by atoms with Crippen LogP contribution in [0.1, 0.15) is 30.8 Å². The Hall–Kier alpha value is -2.90. The first-order valence-electron chi connectivity index (χ1n) is 8.71. The molecule has 142 valence electrons. The fourth-order valence-electron chi connectivity index (χ4n) is 2.70. The Balaban J connectivity index is 1.92. The number of rotatable bonds is 6. The van der Waals surface area contributed by atoms with E-state index in [1.807, 2.05) is 26.0 Å². The van der Waals surface area contributed by atoms with Gasteiger partial charge in [0.25, 0.3) is 0 Å². The summed E-state index contributed by atoms with van der Waals surface area (Å²) in [6.45, 7) is 4.91. The maximum absolute atomic E-state index is 13.3. The SMILES string of the molecule is CCc1ccc(-c2cc(C(F)(F)F)nc(NCc3ccnn3CC)n2)cc1. The van der Waals surface area contributed by atoms with Crippen molar-refractivity contribution >= 4 is 5.95 Å². The van der Waals surface area contributed by atoms with E-state index < -0.39 is 11.9 Å². The zero-order valence-corrected chi connectivity index (χ0v) is 15.1. The number of aromatic nitrogens is 4. The summed E-state index contributed by atoms with van der Waals surface area (Å²) in [6.07, 6.45) is -2.05. The average molecular weight is 375 g/mol. The number of hydrogen-bond donors (Lipinski definition) is 1. The van der Waals surface area contributed by atoms with Crippen molar-refractivity contribution in [2.75, 3.05) is 5.32 Å². The summed E-state index contributed by atoms with van der Waals surface area (Å²) in [4.78, 5) is 7.92. The predicted molar refractivity (Wildman–Crippen MR) is 97.1 cm³/mol. The maximum atomic E-state index is 13.3. The third-order valence-corrected chi connectivity index (χ3v) is 4.21. The lowest BCUT2D eigenvalue weighted by molar-refractivity contribution is -0.141. The lowest BCUT2D eigenvalue weighted by Gasteiger charge is -2.12. The van der Waals surface area contributed by atoms with Crippen LogP contribution in [0.5, 0.6) is 0 Å². The van der Waals surface area contributed by atoms with Gasteiger partial charge in [-0.15, -0.1) is 0 Å². The third-order valence-electron chi connectivity index (χ3n) is 4.21. The molecule has 0 bridgehead atoms. The van der Waals surface area contributed by atoms with Crippen LogP contribution in [0.25, 0.3) is 11.3 Å². The lowest BCUT2D eigenvalue weighted by Crippen LogP contribution is -2.14. The van der Waals surface area contributed by atoms with Crippen molar-refractivity contribution in [3.8, 4) is 11.3 Å². The summed E-state index contributed by atoms with van der Waals surface area (Å²) in [7, 11) is 0. The molecule has 5 nitrogen and oxygen atoms in total. The molecule has 27 heavy (non-hydrogen) atoms. The highest BCUT2D eigenvalue weighted by Crippen LogP contribution is 2.31. The van der Waals surface area contributed by atoms with E-state index in [1.54, 1.807) is 29.1 Å². The van der Waals surface area contributed by atoms with Crippen LogP contribution in [-0.2, 0) is 25.7 Å². The molecule has 1 N–H and O–H groups in total. The molecule has 2 aromatic heterocycles. The maximum Gasteiger partial charge on any atom is 0.433 e. The van der Waals surface area contributed by atoms with Gasteiger partial charge in [0.15, 0.2) is 5.69 Å². The van der Waals surface area contributed by atoms with Crippen LogP contribution >= 0.6 is 0 Å². The Morgan fingerprint density at radius 2 is 1.78 bits per heavy atom. The summed E-state index contributed by atoms with van der Waals surface area (Å²) in [5.41, 5.74) is 1.81. The summed E-state index contributed by atoms with van der Waals surface area (Å²) in [5, 5.41) is 7.02. The number of nitrogens with zero attached hydrogens (tertiary/aromatic N) is 4. The van der Waals surface area contributed by atoms with Gasteiger partial charge in [-0.1, -0.05) is 31.2 Å². The Kier molecular flexibility index (Phi) is 5.43.